The van der Waals surface area contributed by atoms with Crippen molar-refractivity contribution in [3.8, 4) is 0 Å². The number of nitrogens with zero attached hydrogens (tertiary/aromatic N) is 1. The normalized spacial score (nSPS) is 24.1. The molecule has 1 saturated carbocycles. The van der Waals surface area contributed by atoms with Gasteiger partial charge in [0, 0.05) is 11.8 Å². The smallest absolute Gasteiger partial charge is 0.337 e. The number of carbonyl (C=O) groups is 3. The first-order chi connectivity index (χ1) is 17.1. The van der Waals surface area contributed by atoms with Crippen molar-refractivity contribution in [3.05, 3.63) is 119 Å². The van der Waals surface area contributed by atoms with Gasteiger partial charge in [0.05, 0.1) is 30.2 Å². The molecule has 5 nitrogen and oxygen atoms in total. The summed E-state index contributed by atoms with van der Waals surface area (Å²) in [6.07, 6.45) is 4.20. The summed E-state index contributed by atoms with van der Waals surface area (Å²) in [5, 5.41) is 0. The molecular formula is C30H23NO4. The number of anilines is 1. The fourth-order valence-electron chi connectivity index (χ4n) is 5.93. The quantitative estimate of drug-likeness (QED) is 0.315. The first-order valence-corrected chi connectivity index (χ1v) is 11.7. The van der Waals surface area contributed by atoms with Gasteiger partial charge in [-0.1, -0.05) is 72.8 Å². The van der Waals surface area contributed by atoms with Gasteiger partial charge in [-0.25, -0.2) is 9.69 Å². The molecule has 3 aromatic carbocycles. The van der Waals surface area contributed by atoms with Crippen molar-refractivity contribution >= 4 is 29.0 Å². The highest BCUT2D eigenvalue weighted by atomic mass is 16.5. The third-order valence-corrected chi connectivity index (χ3v) is 7.38. The van der Waals surface area contributed by atoms with Gasteiger partial charge in [0.15, 0.2) is 0 Å². The lowest BCUT2D eigenvalue weighted by Gasteiger charge is -2.21. The molecule has 3 aliphatic rings. The molecule has 1 aliphatic heterocycles. The van der Waals surface area contributed by atoms with Crippen molar-refractivity contribution in [1.82, 2.24) is 0 Å². The van der Waals surface area contributed by atoms with Gasteiger partial charge in [-0.3, -0.25) is 9.59 Å². The van der Waals surface area contributed by atoms with E-state index in [9.17, 15) is 14.4 Å². The Bertz CT molecular complexity index is 1310. The molecule has 172 valence electrons. The predicted molar refractivity (Wildman–Crippen MR) is 132 cm³/mol. The van der Waals surface area contributed by atoms with Crippen LogP contribution in [-0.2, 0) is 14.3 Å². The van der Waals surface area contributed by atoms with Gasteiger partial charge >= 0.3 is 5.97 Å². The number of allylic oxidation sites excluding steroid dienone is 3. The topological polar surface area (TPSA) is 63.7 Å². The van der Waals surface area contributed by atoms with Gasteiger partial charge in [0.1, 0.15) is 0 Å². The van der Waals surface area contributed by atoms with E-state index in [0.717, 1.165) is 22.3 Å². The Morgan fingerprint density at radius 3 is 1.63 bits per heavy atom. The van der Waals surface area contributed by atoms with Crippen molar-refractivity contribution in [3.63, 3.8) is 0 Å². The Hall–Kier alpha value is -4.25. The van der Waals surface area contributed by atoms with E-state index in [0.29, 0.717) is 11.3 Å². The summed E-state index contributed by atoms with van der Waals surface area (Å²) in [4.78, 5) is 40.4. The molecule has 0 unspecified atom stereocenters. The van der Waals surface area contributed by atoms with Gasteiger partial charge in [0.2, 0.25) is 11.8 Å². The average molecular weight is 462 g/mol. The third-order valence-electron chi connectivity index (χ3n) is 7.38. The van der Waals surface area contributed by atoms with Crippen molar-refractivity contribution in [1.29, 1.82) is 0 Å². The standard InChI is InChI=1S/C30H23NO4/c1-35-30(34)20-12-14-21(15-13-20)31-28(32)26-22-16-17-23(27(26)29(31)33)25(22)24(18-8-4-2-5-9-18)19-10-6-3-7-11-19/h2-17,22-23,26-27H,1H3/t22-,23-,26-,27+/m1/s1. The molecule has 0 spiro atoms. The number of ether oxygens (including phenoxy) is 1. The van der Waals surface area contributed by atoms with Crippen LogP contribution >= 0.6 is 0 Å². The second-order valence-electron chi connectivity index (χ2n) is 9.10. The number of esters is 1. The van der Waals surface area contributed by atoms with Crippen LogP contribution in [0, 0.1) is 23.7 Å². The fraction of sp³-hybridized carbons (Fsp3) is 0.167. The molecule has 35 heavy (non-hydrogen) atoms. The van der Waals surface area contributed by atoms with Crippen molar-refractivity contribution in [2.75, 3.05) is 12.0 Å². The molecule has 2 fully saturated rings. The summed E-state index contributed by atoms with van der Waals surface area (Å²) >= 11 is 0. The number of amides is 2. The molecule has 0 N–H and O–H groups in total. The number of hydrogen-bond donors (Lipinski definition) is 0. The van der Waals surface area contributed by atoms with Crippen molar-refractivity contribution < 1.29 is 19.1 Å². The summed E-state index contributed by atoms with van der Waals surface area (Å²) in [6, 6.07) is 26.8. The molecule has 3 aromatic rings. The SMILES string of the molecule is COC(=O)c1ccc(N2C(=O)[C@@H]3[C@H](C2=O)[C@@H]2C=C[C@@H]3C2=C(c2ccccc2)c2ccccc2)cc1. The summed E-state index contributed by atoms with van der Waals surface area (Å²) < 4.78 is 4.75. The van der Waals surface area contributed by atoms with Crippen LogP contribution in [0.3, 0.4) is 0 Å². The summed E-state index contributed by atoms with van der Waals surface area (Å²) in [5.74, 6) is -1.92. The number of fused-ring (bicyclic) bond motifs is 5. The Morgan fingerprint density at radius 1 is 0.686 bits per heavy atom. The summed E-state index contributed by atoms with van der Waals surface area (Å²) in [7, 11) is 1.32. The molecule has 0 radical (unpaired) electrons. The van der Waals surface area contributed by atoms with Crippen molar-refractivity contribution in [2.24, 2.45) is 23.7 Å². The van der Waals surface area contributed by atoms with Gasteiger partial charge in [-0.05, 0) is 46.5 Å². The number of hydrogen-bond acceptors (Lipinski definition) is 4. The van der Waals surface area contributed by atoms with Crippen LogP contribution in [0.25, 0.3) is 5.57 Å². The first kappa shape index (κ1) is 21.3. The number of imide groups is 1. The summed E-state index contributed by atoms with van der Waals surface area (Å²) in [5.41, 5.74) is 5.29. The molecule has 0 aromatic heterocycles. The molecule has 5 heteroatoms. The lowest BCUT2D eigenvalue weighted by atomic mass is 9.85. The molecule has 2 amide bonds. The van der Waals surface area contributed by atoms with E-state index < -0.39 is 17.8 Å². The van der Waals surface area contributed by atoms with E-state index >= 15 is 0 Å². The van der Waals surface area contributed by atoms with Gasteiger partial charge in [-0.15, -0.1) is 0 Å². The molecule has 1 heterocycles. The van der Waals surface area contributed by atoms with Crippen LogP contribution in [-0.4, -0.2) is 24.9 Å². The largest absolute Gasteiger partial charge is 0.465 e. The number of benzene rings is 3. The Balaban J connectivity index is 1.42. The zero-order valence-corrected chi connectivity index (χ0v) is 19.1. The first-order valence-electron chi connectivity index (χ1n) is 11.7. The highest BCUT2D eigenvalue weighted by molar-refractivity contribution is 6.23. The number of rotatable bonds is 4. The lowest BCUT2D eigenvalue weighted by molar-refractivity contribution is -0.122. The van der Waals surface area contributed by atoms with E-state index in [1.165, 1.54) is 12.0 Å². The molecule has 2 bridgehead atoms. The van der Waals surface area contributed by atoms with Gasteiger partial charge < -0.3 is 4.74 Å². The van der Waals surface area contributed by atoms with Gasteiger partial charge in [-0.2, -0.15) is 0 Å². The van der Waals surface area contributed by atoms with Crippen LogP contribution < -0.4 is 4.90 Å². The lowest BCUT2D eigenvalue weighted by Crippen LogP contribution is -2.33. The zero-order valence-electron chi connectivity index (χ0n) is 19.1. The van der Waals surface area contributed by atoms with E-state index in [2.05, 4.69) is 36.4 Å². The fourth-order valence-corrected chi connectivity index (χ4v) is 5.93. The van der Waals surface area contributed by atoms with E-state index in [1.807, 2.05) is 36.4 Å². The maximum Gasteiger partial charge on any atom is 0.337 e. The molecule has 4 atom stereocenters. The second-order valence-corrected chi connectivity index (χ2v) is 9.10. The maximum absolute atomic E-state index is 13.7. The average Bonchev–Trinajstić information content (AvgIpc) is 3.54. The number of methoxy groups -OCH3 is 1. The van der Waals surface area contributed by atoms with Crippen LogP contribution in [0.5, 0.6) is 0 Å². The molecule has 6 rings (SSSR count). The van der Waals surface area contributed by atoms with Crippen LogP contribution in [0.1, 0.15) is 21.5 Å². The Labute approximate surface area is 203 Å². The van der Waals surface area contributed by atoms with Crippen molar-refractivity contribution in [2.45, 2.75) is 0 Å². The second kappa shape index (κ2) is 8.20. The Kier molecular flexibility index (Phi) is 4.99. The van der Waals surface area contributed by atoms with E-state index in [-0.39, 0.29) is 23.7 Å². The minimum Gasteiger partial charge on any atom is -0.465 e. The zero-order chi connectivity index (χ0) is 24.1. The molecular weight excluding hydrogens is 438 g/mol. The minimum absolute atomic E-state index is 0.129. The van der Waals surface area contributed by atoms with E-state index in [4.69, 9.17) is 4.74 Å². The van der Waals surface area contributed by atoms with Crippen LogP contribution in [0.2, 0.25) is 0 Å². The summed E-state index contributed by atoms with van der Waals surface area (Å²) in [6.45, 7) is 0. The van der Waals surface area contributed by atoms with Crippen LogP contribution in [0.15, 0.2) is 103 Å². The van der Waals surface area contributed by atoms with Crippen LogP contribution in [0.4, 0.5) is 5.69 Å². The predicted octanol–water partition coefficient (Wildman–Crippen LogP) is 4.90. The van der Waals surface area contributed by atoms with E-state index in [1.54, 1.807) is 24.3 Å². The highest BCUT2D eigenvalue weighted by Gasteiger charge is 2.62. The molecule has 1 saturated heterocycles. The Morgan fingerprint density at radius 2 is 1.17 bits per heavy atom. The monoisotopic (exact) mass is 461 g/mol. The third kappa shape index (κ3) is 3.19. The highest BCUT2D eigenvalue weighted by Crippen LogP contribution is 2.58. The van der Waals surface area contributed by atoms with Gasteiger partial charge in [0.25, 0.3) is 0 Å². The minimum atomic E-state index is -0.459. The number of carbonyl (C=O) groups excluding carboxylic acids is 3. The maximum atomic E-state index is 13.7. The molecule has 2 aliphatic carbocycles.